The van der Waals surface area contributed by atoms with E-state index in [0.29, 0.717) is 10.8 Å². The first-order valence-corrected chi connectivity index (χ1v) is 6.81. The number of benzene rings is 1. The Bertz CT molecular complexity index is 424. The summed E-state index contributed by atoms with van der Waals surface area (Å²) in [5.41, 5.74) is 0.805. The summed E-state index contributed by atoms with van der Waals surface area (Å²) in [6.45, 7) is 4.34. The maximum atomic E-state index is 11.7. The normalized spacial score (nSPS) is 11.8. The fraction of sp³-hybridized carbons (Fsp3) is 0.500. The summed E-state index contributed by atoms with van der Waals surface area (Å²) in [6, 6.07) is 5.53. The molecule has 1 unspecified atom stereocenters. The number of amides is 1. The van der Waals surface area contributed by atoms with Gasteiger partial charge in [-0.1, -0.05) is 24.9 Å². The maximum absolute atomic E-state index is 11.7. The Balaban J connectivity index is 2.46. The van der Waals surface area contributed by atoms with Crippen molar-refractivity contribution in [1.29, 1.82) is 0 Å². The fourth-order valence-corrected chi connectivity index (χ4v) is 1.98. The van der Waals surface area contributed by atoms with Crippen molar-refractivity contribution in [2.24, 2.45) is 0 Å². The zero-order chi connectivity index (χ0) is 14.3. The van der Waals surface area contributed by atoms with Crippen molar-refractivity contribution in [3.05, 3.63) is 23.2 Å². The SMILES string of the molecule is CCCC(C)NC(=O)CNc1ccc(Cl)c(OC)c1. The van der Waals surface area contributed by atoms with Gasteiger partial charge in [0.05, 0.1) is 18.7 Å². The van der Waals surface area contributed by atoms with E-state index in [-0.39, 0.29) is 18.5 Å². The molecular formula is C14H21ClN2O2. The van der Waals surface area contributed by atoms with Crippen LogP contribution in [0, 0.1) is 0 Å². The first-order valence-electron chi connectivity index (χ1n) is 6.43. The average molecular weight is 285 g/mol. The van der Waals surface area contributed by atoms with E-state index in [1.807, 2.05) is 13.0 Å². The van der Waals surface area contributed by atoms with E-state index in [9.17, 15) is 4.79 Å². The molecule has 0 radical (unpaired) electrons. The predicted molar refractivity (Wildman–Crippen MR) is 79.0 cm³/mol. The Labute approximate surface area is 119 Å². The number of carbonyl (C=O) groups is 1. The van der Waals surface area contributed by atoms with Crippen molar-refractivity contribution in [3.63, 3.8) is 0 Å². The molecule has 2 N–H and O–H groups in total. The van der Waals surface area contributed by atoms with Crippen LogP contribution in [0.15, 0.2) is 18.2 Å². The van der Waals surface area contributed by atoms with Crippen LogP contribution in [0.4, 0.5) is 5.69 Å². The summed E-state index contributed by atoms with van der Waals surface area (Å²) in [7, 11) is 1.56. The van der Waals surface area contributed by atoms with Gasteiger partial charge < -0.3 is 15.4 Å². The second kappa shape index (κ2) is 7.89. The van der Waals surface area contributed by atoms with Gasteiger partial charge in [-0.25, -0.2) is 0 Å². The summed E-state index contributed by atoms with van der Waals surface area (Å²) in [5, 5.41) is 6.53. The first-order chi connectivity index (χ1) is 9.06. The van der Waals surface area contributed by atoms with E-state index >= 15 is 0 Å². The molecule has 0 heterocycles. The van der Waals surface area contributed by atoms with E-state index in [4.69, 9.17) is 16.3 Å². The molecule has 0 spiro atoms. The monoisotopic (exact) mass is 284 g/mol. The van der Waals surface area contributed by atoms with Crippen LogP contribution in [0.5, 0.6) is 5.75 Å². The highest BCUT2D eigenvalue weighted by molar-refractivity contribution is 6.32. The molecule has 1 aromatic carbocycles. The third-order valence-corrected chi connectivity index (χ3v) is 3.05. The van der Waals surface area contributed by atoms with Gasteiger partial charge in [-0.2, -0.15) is 0 Å². The van der Waals surface area contributed by atoms with E-state index in [1.54, 1.807) is 19.2 Å². The molecule has 0 aromatic heterocycles. The van der Waals surface area contributed by atoms with Gasteiger partial charge in [-0.3, -0.25) is 4.79 Å². The van der Waals surface area contributed by atoms with Crippen LogP contribution in [0.25, 0.3) is 0 Å². The number of anilines is 1. The van der Waals surface area contributed by atoms with E-state index in [2.05, 4.69) is 17.6 Å². The minimum absolute atomic E-state index is 0.0186. The molecule has 0 bridgehead atoms. The van der Waals surface area contributed by atoms with E-state index in [0.717, 1.165) is 18.5 Å². The second-order valence-corrected chi connectivity index (χ2v) is 4.87. The van der Waals surface area contributed by atoms with Gasteiger partial charge in [0.15, 0.2) is 0 Å². The number of hydrogen-bond donors (Lipinski definition) is 2. The maximum Gasteiger partial charge on any atom is 0.239 e. The molecule has 0 saturated heterocycles. The van der Waals surface area contributed by atoms with Crippen molar-refractivity contribution < 1.29 is 9.53 Å². The molecule has 0 aliphatic rings. The fourth-order valence-electron chi connectivity index (χ4n) is 1.78. The molecule has 0 aliphatic heterocycles. The van der Waals surface area contributed by atoms with E-state index < -0.39 is 0 Å². The average Bonchev–Trinajstić information content (AvgIpc) is 2.38. The third kappa shape index (κ3) is 5.39. The molecule has 4 nitrogen and oxygen atoms in total. The minimum atomic E-state index is -0.0186. The molecule has 19 heavy (non-hydrogen) atoms. The number of halogens is 1. The van der Waals surface area contributed by atoms with Gasteiger partial charge >= 0.3 is 0 Å². The van der Waals surface area contributed by atoms with Crippen molar-refractivity contribution in [2.75, 3.05) is 19.0 Å². The largest absolute Gasteiger partial charge is 0.495 e. The van der Waals surface area contributed by atoms with Gasteiger partial charge in [-0.15, -0.1) is 0 Å². The van der Waals surface area contributed by atoms with Crippen LogP contribution in [-0.4, -0.2) is 25.6 Å². The highest BCUT2D eigenvalue weighted by Gasteiger charge is 2.07. The first kappa shape index (κ1) is 15.6. The number of carbonyl (C=O) groups excluding carboxylic acids is 1. The molecule has 1 atom stereocenters. The Kier molecular flexibility index (Phi) is 6.50. The second-order valence-electron chi connectivity index (χ2n) is 4.46. The Morgan fingerprint density at radius 2 is 2.21 bits per heavy atom. The van der Waals surface area contributed by atoms with Crippen molar-refractivity contribution in [2.45, 2.75) is 32.7 Å². The summed E-state index contributed by atoms with van der Waals surface area (Å²) in [6.07, 6.45) is 2.05. The third-order valence-electron chi connectivity index (χ3n) is 2.73. The zero-order valence-electron chi connectivity index (χ0n) is 11.6. The quantitative estimate of drug-likeness (QED) is 0.809. The number of methoxy groups -OCH3 is 1. The minimum Gasteiger partial charge on any atom is -0.495 e. The lowest BCUT2D eigenvalue weighted by atomic mass is 10.2. The van der Waals surface area contributed by atoms with Crippen LogP contribution in [0.3, 0.4) is 0 Å². The lowest BCUT2D eigenvalue weighted by Crippen LogP contribution is -2.36. The molecule has 0 saturated carbocycles. The lowest BCUT2D eigenvalue weighted by Gasteiger charge is -2.14. The molecular weight excluding hydrogens is 264 g/mol. The molecule has 1 amide bonds. The Morgan fingerprint density at radius 1 is 1.47 bits per heavy atom. The smallest absolute Gasteiger partial charge is 0.239 e. The lowest BCUT2D eigenvalue weighted by molar-refractivity contribution is -0.120. The van der Waals surface area contributed by atoms with Crippen molar-refractivity contribution >= 4 is 23.2 Å². The highest BCUT2D eigenvalue weighted by Crippen LogP contribution is 2.27. The molecule has 5 heteroatoms. The molecule has 1 aromatic rings. The van der Waals surface area contributed by atoms with Gasteiger partial charge in [0, 0.05) is 17.8 Å². The van der Waals surface area contributed by atoms with Crippen molar-refractivity contribution in [3.8, 4) is 5.75 Å². The molecule has 0 aliphatic carbocycles. The molecule has 1 rings (SSSR count). The van der Waals surface area contributed by atoms with Crippen LogP contribution >= 0.6 is 11.6 Å². The van der Waals surface area contributed by atoms with Gasteiger partial charge in [0.1, 0.15) is 5.75 Å². The predicted octanol–water partition coefficient (Wildman–Crippen LogP) is 3.07. The summed E-state index contributed by atoms with van der Waals surface area (Å²) >= 11 is 5.93. The molecule has 0 fully saturated rings. The summed E-state index contributed by atoms with van der Waals surface area (Å²) in [5.74, 6) is 0.571. The number of hydrogen-bond acceptors (Lipinski definition) is 3. The van der Waals surface area contributed by atoms with Crippen LogP contribution in [0.2, 0.25) is 5.02 Å². The number of rotatable bonds is 7. The molecule has 106 valence electrons. The van der Waals surface area contributed by atoms with Crippen molar-refractivity contribution in [1.82, 2.24) is 5.32 Å². The van der Waals surface area contributed by atoms with Gasteiger partial charge in [0.2, 0.25) is 5.91 Å². The van der Waals surface area contributed by atoms with Gasteiger partial charge in [0.25, 0.3) is 0 Å². The van der Waals surface area contributed by atoms with Crippen LogP contribution in [0.1, 0.15) is 26.7 Å². The topological polar surface area (TPSA) is 50.4 Å². The van der Waals surface area contributed by atoms with Gasteiger partial charge in [-0.05, 0) is 25.5 Å². The van der Waals surface area contributed by atoms with Crippen LogP contribution in [-0.2, 0) is 4.79 Å². The highest BCUT2D eigenvalue weighted by atomic mass is 35.5. The Morgan fingerprint density at radius 3 is 2.84 bits per heavy atom. The van der Waals surface area contributed by atoms with E-state index in [1.165, 1.54) is 0 Å². The van der Waals surface area contributed by atoms with Crippen LogP contribution < -0.4 is 15.4 Å². The Hall–Kier alpha value is -1.42. The zero-order valence-corrected chi connectivity index (χ0v) is 12.4. The summed E-state index contributed by atoms with van der Waals surface area (Å²) < 4.78 is 5.12. The number of ether oxygens (including phenoxy) is 1. The summed E-state index contributed by atoms with van der Waals surface area (Å²) in [4.78, 5) is 11.7. The standard InChI is InChI=1S/C14H21ClN2O2/c1-4-5-10(2)17-14(18)9-16-11-6-7-12(15)13(8-11)19-3/h6-8,10,16H,4-5,9H2,1-3H3,(H,17,18). The number of nitrogens with one attached hydrogen (secondary N) is 2.